The van der Waals surface area contributed by atoms with Crippen molar-refractivity contribution in [3.63, 3.8) is 0 Å². The first-order chi connectivity index (χ1) is 9.29. The third-order valence-corrected chi connectivity index (χ3v) is 3.04. The van der Waals surface area contributed by atoms with E-state index in [0.29, 0.717) is 12.6 Å². The molecule has 2 aromatic rings. The molecule has 0 aliphatic rings. The van der Waals surface area contributed by atoms with Crippen molar-refractivity contribution in [2.75, 3.05) is 6.54 Å². The number of benzene rings is 1. The quantitative estimate of drug-likeness (QED) is 0.818. The van der Waals surface area contributed by atoms with Gasteiger partial charge in [-0.05, 0) is 49.7 Å². The highest BCUT2D eigenvalue weighted by Crippen LogP contribution is 2.18. The fourth-order valence-corrected chi connectivity index (χ4v) is 1.88. The smallest absolute Gasteiger partial charge is 0.146 e. The summed E-state index contributed by atoms with van der Waals surface area (Å²) in [5.41, 5.74) is 1.28. The van der Waals surface area contributed by atoms with Crippen molar-refractivity contribution in [2.24, 2.45) is 0 Å². The second-order valence-corrected chi connectivity index (χ2v) is 4.61. The Hall–Kier alpha value is -1.74. The summed E-state index contributed by atoms with van der Waals surface area (Å²) in [7, 11) is 0. The zero-order valence-corrected chi connectivity index (χ0v) is 11.6. The number of hydrogen-bond acceptors (Lipinski definition) is 3. The molecule has 1 heterocycles. The molecule has 0 aliphatic carbocycles. The first-order valence-electron chi connectivity index (χ1n) is 6.78. The maximum Gasteiger partial charge on any atom is 0.146 e. The molecule has 0 amide bonds. The summed E-state index contributed by atoms with van der Waals surface area (Å²) in [5, 5.41) is 3.47. The third-order valence-electron chi connectivity index (χ3n) is 3.04. The van der Waals surface area contributed by atoms with Gasteiger partial charge in [0, 0.05) is 6.04 Å². The van der Waals surface area contributed by atoms with Crippen LogP contribution in [0, 0.1) is 0 Å². The van der Waals surface area contributed by atoms with Crippen LogP contribution in [0.3, 0.4) is 0 Å². The summed E-state index contributed by atoms with van der Waals surface area (Å²) < 4.78 is 10.9. The lowest BCUT2D eigenvalue weighted by molar-refractivity contribution is 0.270. The van der Waals surface area contributed by atoms with Gasteiger partial charge in [-0.1, -0.05) is 19.1 Å². The minimum Gasteiger partial charge on any atom is -0.486 e. The van der Waals surface area contributed by atoms with Gasteiger partial charge in [0.2, 0.25) is 0 Å². The summed E-state index contributed by atoms with van der Waals surface area (Å²) >= 11 is 0. The molecule has 3 nitrogen and oxygen atoms in total. The average Bonchev–Trinajstić information content (AvgIpc) is 2.96. The number of hydrogen-bond donors (Lipinski definition) is 1. The van der Waals surface area contributed by atoms with E-state index < -0.39 is 0 Å². The standard InChI is InChI=1S/C16H21NO2/c1-3-10-17-13(2)14-6-8-15(9-7-14)19-12-16-5-4-11-18-16/h4-9,11,13,17H,3,10,12H2,1-2H3. The Morgan fingerprint density at radius 2 is 2.00 bits per heavy atom. The summed E-state index contributed by atoms with van der Waals surface area (Å²) in [4.78, 5) is 0. The van der Waals surface area contributed by atoms with Crippen LogP contribution in [0.25, 0.3) is 0 Å². The van der Waals surface area contributed by atoms with Gasteiger partial charge in [-0.25, -0.2) is 0 Å². The first kappa shape index (κ1) is 13.7. The van der Waals surface area contributed by atoms with Crippen LogP contribution in [0.2, 0.25) is 0 Å². The van der Waals surface area contributed by atoms with E-state index in [2.05, 4.69) is 31.3 Å². The van der Waals surface area contributed by atoms with Gasteiger partial charge in [0.05, 0.1) is 6.26 Å². The van der Waals surface area contributed by atoms with E-state index in [4.69, 9.17) is 9.15 Å². The summed E-state index contributed by atoms with van der Waals surface area (Å²) in [6.07, 6.45) is 2.80. The van der Waals surface area contributed by atoms with E-state index in [1.807, 2.05) is 24.3 Å². The predicted molar refractivity (Wildman–Crippen MR) is 76.2 cm³/mol. The van der Waals surface area contributed by atoms with E-state index in [1.165, 1.54) is 5.56 Å². The van der Waals surface area contributed by atoms with Gasteiger partial charge in [0.1, 0.15) is 18.1 Å². The van der Waals surface area contributed by atoms with Gasteiger partial charge >= 0.3 is 0 Å². The molecule has 102 valence electrons. The second-order valence-electron chi connectivity index (χ2n) is 4.61. The molecule has 0 radical (unpaired) electrons. The fraction of sp³-hybridized carbons (Fsp3) is 0.375. The molecular weight excluding hydrogens is 238 g/mol. The van der Waals surface area contributed by atoms with Crippen molar-refractivity contribution in [3.8, 4) is 5.75 Å². The molecule has 19 heavy (non-hydrogen) atoms. The summed E-state index contributed by atoms with van der Waals surface area (Å²) in [6.45, 7) is 5.85. The maximum atomic E-state index is 5.65. The van der Waals surface area contributed by atoms with Crippen molar-refractivity contribution in [1.29, 1.82) is 0 Å². The molecule has 3 heteroatoms. The van der Waals surface area contributed by atoms with Gasteiger partial charge in [0.25, 0.3) is 0 Å². The van der Waals surface area contributed by atoms with Crippen LogP contribution in [0.1, 0.15) is 37.6 Å². The van der Waals surface area contributed by atoms with Crippen LogP contribution in [-0.4, -0.2) is 6.54 Å². The van der Waals surface area contributed by atoms with Crippen molar-refractivity contribution in [2.45, 2.75) is 32.9 Å². The molecule has 1 N–H and O–H groups in total. The Morgan fingerprint density at radius 1 is 1.21 bits per heavy atom. The summed E-state index contributed by atoms with van der Waals surface area (Å²) in [6, 6.07) is 12.4. The Labute approximate surface area is 114 Å². The molecule has 1 aromatic carbocycles. The van der Waals surface area contributed by atoms with Gasteiger partial charge in [-0.2, -0.15) is 0 Å². The molecule has 2 rings (SSSR count). The van der Waals surface area contributed by atoms with Gasteiger partial charge in [-0.3, -0.25) is 0 Å². The van der Waals surface area contributed by atoms with Crippen molar-refractivity contribution >= 4 is 0 Å². The lowest BCUT2D eigenvalue weighted by Crippen LogP contribution is -2.19. The monoisotopic (exact) mass is 259 g/mol. The molecule has 1 atom stereocenters. The van der Waals surface area contributed by atoms with Crippen LogP contribution in [0.15, 0.2) is 47.1 Å². The first-order valence-corrected chi connectivity index (χ1v) is 6.78. The number of rotatable bonds is 7. The van der Waals surface area contributed by atoms with Crippen LogP contribution >= 0.6 is 0 Å². The third kappa shape index (κ3) is 4.14. The predicted octanol–water partition coefficient (Wildman–Crippen LogP) is 3.92. The molecule has 1 unspecified atom stereocenters. The number of nitrogens with one attached hydrogen (secondary N) is 1. The molecular formula is C16H21NO2. The Bertz CT molecular complexity index is 462. The van der Waals surface area contributed by atoms with Gasteiger partial charge in [-0.15, -0.1) is 0 Å². The lowest BCUT2D eigenvalue weighted by Gasteiger charge is -2.14. The topological polar surface area (TPSA) is 34.4 Å². The molecule has 0 aliphatic heterocycles. The second kappa shape index (κ2) is 7.00. The van der Waals surface area contributed by atoms with Crippen LogP contribution in [0.5, 0.6) is 5.75 Å². The zero-order chi connectivity index (χ0) is 13.5. The minimum absolute atomic E-state index is 0.374. The fourth-order valence-electron chi connectivity index (χ4n) is 1.88. The summed E-state index contributed by atoms with van der Waals surface area (Å²) in [5.74, 6) is 1.70. The van der Waals surface area contributed by atoms with E-state index in [1.54, 1.807) is 6.26 Å². The minimum atomic E-state index is 0.374. The Kier molecular flexibility index (Phi) is 5.04. The molecule has 0 saturated carbocycles. The van der Waals surface area contributed by atoms with Crippen LogP contribution in [-0.2, 0) is 6.61 Å². The normalized spacial score (nSPS) is 12.3. The zero-order valence-electron chi connectivity index (χ0n) is 11.6. The lowest BCUT2D eigenvalue weighted by atomic mass is 10.1. The highest BCUT2D eigenvalue weighted by molar-refractivity contribution is 5.29. The van der Waals surface area contributed by atoms with Crippen molar-refractivity contribution in [3.05, 3.63) is 54.0 Å². The SMILES string of the molecule is CCCNC(C)c1ccc(OCc2ccco2)cc1. The number of ether oxygens (including phenoxy) is 1. The highest BCUT2D eigenvalue weighted by Gasteiger charge is 2.04. The van der Waals surface area contributed by atoms with E-state index >= 15 is 0 Å². The molecule has 0 bridgehead atoms. The van der Waals surface area contributed by atoms with Gasteiger partial charge < -0.3 is 14.5 Å². The number of furan rings is 1. The largest absolute Gasteiger partial charge is 0.486 e. The van der Waals surface area contributed by atoms with Gasteiger partial charge in [0.15, 0.2) is 0 Å². The van der Waals surface area contributed by atoms with Crippen LogP contribution < -0.4 is 10.1 Å². The molecule has 1 aromatic heterocycles. The van der Waals surface area contributed by atoms with Crippen LogP contribution in [0.4, 0.5) is 0 Å². The molecule has 0 spiro atoms. The van der Waals surface area contributed by atoms with E-state index in [-0.39, 0.29) is 0 Å². The molecule has 0 saturated heterocycles. The van der Waals surface area contributed by atoms with E-state index in [0.717, 1.165) is 24.5 Å². The maximum absolute atomic E-state index is 5.65. The van der Waals surface area contributed by atoms with Crippen molar-refractivity contribution < 1.29 is 9.15 Å². The Balaban J connectivity index is 1.87. The van der Waals surface area contributed by atoms with E-state index in [9.17, 15) is 0 Å². The average molecular weight is 259 g/mol. The highest BCUT2D eigenvalue weighted by atomic mass is 16.5. The molecule has 0 fully saturated rings. The Morgan fingerprint density at radius 3 is 2.63 bits per heavy atom. The van der Waals surface area contributed by atoms with Crippen molar-refractivity contribution in [1.82, 2.24) is 5.32 Å².